The number of hydrogen-bond donors (Lipinski definition) is 1. The summed E-state index contributed by atoms with van der Waals surface area (Å²) in [5.74, 6) is 0.761. The lowest BCUT2D eigenvalue weighted by Gasteiger charge is -2.13. The maximum absolute atomic E-state index is 12.5. The van der Waals surface area contributed by atoms with Crippen LogP contribution < -0.4 is 14.8 Å². The first-order valence-corrected chi connectivity index (χ1v) is 12.1. The van der Waals surface area contributed by atoms with Crippen LogP contribution in [-0.2, 0) is 17.8 Å². The van der Waals surface area contributed by atoms with Gasteiger partial charge >= 0.3 is 0 Å². The molecule has 0 saturated carbocycles. The van der Waals surface area contributed by atoms with Crippen molar-refractivity contribution in [2.45, 2.75) is 26.9 Å². The van der Waals surface area contributed by atoms with E-state index in [-0.39, 0.29) is 5.91 Å². The van der Waals surface area contributed by atoms with E-state index < -0.39 is 0 Å². The van der Waals surface area contributed by atoms with E-state index in [0.29, 0.717) is 33.2 Å². The smallest absolute Gasteiger partial charge is 0.264 e. The van der Waals surface area contributed by atoms with Gasteiger partial charge in [0.1, 0.15) is 6.61 Å². The van der Waals surface area contributed by atoms with Gasteiger partial charge in [0, 0.05) is 0 Å². The van der Waals surface area contributed by atoms with E-state index >= 15 is 0 Å². The van der Waals surface area contributed by atoms with Crippen LogP contribution in [0.5, 0.6) is 11.5 Å². The lowest BCUT2D eigenvalue weighted by molar-refractivity contribution is -0.115. The molecule has 7 heteroatoms. The summed E-state index contributed by atoms with van der Waals surface area (Å²) < 4.78 is 11.5. The molecule has 4 rings (SSSR count). The fourth-order valence-electron chi connectivity index (χ4n) is 3.36. The number of halogens is 1. The van der Waals surface area contributed by atoms with Crippen LogP contribution in [0.15, 0.2) is 70.6 Å². The van der Waals surface area contributed by atoms with Crippen molar-refractivity contribution >= 4 is 46.2 Å². The summed E-state index contributed by atoms with van der Waals surface area (Å²) in [4.78, 5) is 17.6. The van der Waals surface area contributed by atoms with Crippen LogP contribution in [-0.4, -0.2) is 18.2 Å². The second-order valence-corrected chi connectivity index (χ2v) is 9.25. The maximum atomic E-state index is 12.5. The zero-order valence-corrected chi connectivity index (χ0v) is 20.8. The SMILES string of the molecule is CCc1ccc(N=C2NC(=O)/C(=C/c3cc(Cl)c(OCc4ccc(C)cc4)c(OC)c3)S2)cc1. The zero-order valence-electron chi connectivity index (χ0n) is 19.2. The number of carbonyl (C=O) groups is 1. The molecule has 5 nitrogen and oxygen atoms in total. The van der Waals surface area contributed by atoms with Crippen molar-refractivity contribution in [1.82, 2.24) is 5.32 Å². The zero-order chi connectivity index (χ0) is 24.1. The first-order chi connectivity index (χ1) is 16.4. The van der Waals surface area contributed by atoms with E-state index in [1.54, 1.807) is 25.3 Å². The largest absolute Gasteiger partial charge is 0.493 e. The van der Waals surface area contributed by atoms with Crippen LogP contribution in [0.4, 0.5) is 5.69 Å². The summed E-state index contributed by atoms with van der Waals surface area (Å²) >= 11 is 7.81. The van der Waals surface area contributed by atoms with Gasteiger partial charge in [0.05, 0.1) is 22.7 Å². The fraction of sp³-hybridized carbons (Fsp3) is 0.185. The third kappa shape index (κ3) is 5.82. The number of nitrogens with zero attached hydrogens (tertiary/aromatic N) is 1. The van der Waals surface area contributed by atoms with Crippen LogP contribution in [0.1, 0.15) is 29.2 Å². The van der Waals surface area contributed by atoms with Crippen LogP contribution in [0.25, 0.3) is 6.08 Å². The standard InChI is InChI=1S/C27H25ClN2O3S/c1-4-18-9-11-21(12-10-18)29-27-30-26(31)24(34-27)15-20-13-22(28)25(23(14-20)32-3)33-16-19-7-5-17(2)6-8-19/h5-15H,4,16H2,1-3H3,(H,29,30,31)/b24-15-. The minimum atomic E-state index is -0.205. The number of nitrogens with one attached hydrogen (secondary N) is 1. The third-order valence-electron chi connectivity index (χ3n) is 5.28. The minimum absolute atomic E-state index is 0.205. The highest BCUT2D eigenvalue weighted by atomic mass is 35.5. The molecular weight excluding hydrogens is 468 g/mol. The Balaban J connectivity index is 1.51. The Kier molecular flexibility index (Phi) is 7.60. The van der Waals surface area contributed by atoms with Gasteiger partial charge in [-0.2, -0.15) is 0 Å². The molecule has 1 amide bonds. The highest BCUT2D eigenvalue weighted by Gasteiger charge is 2.24. The van der Waals surface area contributed by atoms with Gasteiger partial charge in [0.15, 0.2) is 16.7 Å². The highest BCUT2D eigenvalue weighted by molar-refractivity contribution is 8.18. The molecule has 1 N–H and O–H groups in total. The van der Waals surface area contributed by atoms with Crippen molar-refractivity contribution in [3.05, 3.63) is 92.8 Å². The summed E-state index contributed by atoms with van der Waals surface area (Å²) in [6, 6.07) is 19.6. The molecule has 3 aromatic rings. The molecule has 3 aromatic carbocycles. The maximum Gasteiger partial charge on any atom is 0.264 e. The molecule has 1 aliphatic heterocycles. The summed E-state index contributed by atoms with van der Waals surface area (Å²) in [5, 5.41) is 3.76. The lowest BCUT2D eigenvalue weighted by Crippen LogP contribution is -2.19. The lowest BCUT2D eigenvalue weighted by atomic mass is 10.1. The van der Waals surface area contributed by atoms with E-state index in [1.165, 1.54) is 22.9 Å². The molecule has 0 spiro atoms. The van der Waals surface area contributed by atoms with Crippen LogP contribution in [0.2, 0.25) is 5.02 Å². The number of methoxy groups -OCH3 is 1. The Hall–Kier alpha value is -3.22. The minimum Gasteiger partial charge on any atom is -0.493 e. The Morgan fingerprint density at radius 3 is 2.44 bits per heavy atom. The molecule has 0 unspecified atom stereocenters. The number of thioether (sulfide) groups is 1. The van der Waals surface area contributed by atoms with Crippen molar-refractivity contribution in [2.75, 3.05) is 7.11 Å². The molecule has 1 aliphatic rings. The fourth-order valence-corrected chi connectivity index (χ4v) is 4.47. The van der Waals surface area contributed by atoms with Gasteiger partial charge in [-0.3, -0.25) is 4.79 Å². The Bertz CT molecular complexity index is 1250. The Morgan fingerprint density at radius 1 is 1.06 bits per heavy atom. The van der Waals surface area contributed by atoms with Gasteiger partial charge in [0.25, 0.3) is 5.91 Å². The topological polar surface area (TPSA) is 59.9 Å². The molecule has 34 heavy (non-hydrogen) atoms. The molecule has 0 radical (unpaired) electrons. The number of benzene rings is 3. The molecule has 1 fully saturated rings. The van der Waals surface area contributed by atoms with Crippen LogP contribution in [0.3, 0.4) is 0 Å². The van der Waals surface area contributed by atoms with Crippen molar-refractivity contribution < 1.29 is 14.3 Å². The average molecular weight is 493 g/mol. The molecule has 174 valence electrons. The summed E-state index contributed by atoms with van der Waals surface area (Å²) in [7, 11) is 1.56. The summed E-state index contributed by atoms with van der Waals surface area (Å²) in [5.41, 5.74) is 4.99. The monoisotopic (exact) mass is 492 g/mol. The molecule has 0 aliphatic carbocycles. The molecular formula is C27H25ClN2O3S. The third-order valence-corrected chi connectivity index (χ3v) is 6.47. The second kappa shape index (κ2) is 10.8. The predicted molar refractivity (Wildman–Crippen MR) is 140 cm³/mol. The molecule has 0 aromatic heterocycles. The quantitative estimate of drug-likeness (QED) is 0.373. The number of rotatable bonds is 7. The van der Waals surface area contributed by atoms with Crippen LogP contribution in [0, 0.1) is 6.92 Å². The van der Waals surface area contributed by atoms with Gasteiger partial charge in [-0.25, -0.2) is 4.99 Å². The first kappa shape index (κ1) is 23.9. The van der Waals surface area contributed by atoms with Gasteiger partial charge in [-0.1, -0.05) is 60.5 Å². The Labute approximate surface area is 208 Å². The molecule has 0 atom stereocenters. The van der Waals surface area contributed by atoms with Gasteiger partial charge < -0.3 is 14.8 Å². The van der Waals surface area contributed by atoms with Crippen molar-refractivity contribution in [2.24, 2.45) is 4.99 Å². The van der Waals surface area contributed by atoms with E-state index in [4.69, 9.17) is 21.1 Å². The van der Waals surface area contributed by atoms with E-state index in [1.807, 2.05) is 55.5 Å². The number of aryl methyl sites for hydroxylation is 2. The van der Waals surface area contributed by atoms with Crippen molar-refractivity contribution in [3.8, 4) is 11.5 Å². The molecule has 1 heterocycles. The van der Waals surface area contributed by atoms with E-state index in [2.05, 4.69) is 17.2 Å². The number of aliphatic imine (C=N–C) groups is 1. The number of hydrogen-bond acceptors (Lipinski definition) is 5. The number of carbonyl (C=O) groups excluding carboxylic acids is 1. The number of ether oxygens (including phenoxy) is 2. The molecule has 1 saturated heterocycles. The summed E-state index contributed by atoms with van der Waals surface area (Å²) in [6.07, 6.45) is 2.73. The van der Waals surface area contributed by atoms with Gasteiger partial charge in [-0.05, 0) is 72.1 Å². The number of amides is 1. The summed E-state index contributed by atoms with van der Waals surface area (Å²) in [6.45, 7) is 4.52. The second-order valence-electron chi connectivity index (χ2n) is 7.81. The normalized spacial score (nSPS) is 15.6. The predicted octanol–water partition coefficient (Wildman–Crippen LogP) is 6.69. The molecule has 0 bridgehead atoms. The van der Waals surface area contributed by atoms with E-state index in [9.17, 15) is 4.79 Å². The first-order valence-electron chi connectivity index (χ1n) is 10.9. The average Bonchev–Trinajstić information content (AvgIpc) is 3.17. The van der Waals surface area contributed by atoms with Crippen LogP contribution >= 0.6 is 23.4 Å². The van der Waals surface area contributed by atoms with Gasteiger partial charge in [-0.15, -0.1) is 0 Å². The van der Waals surface area contributed by atoms with Crippen molar-refractivity contribution in [3.63, 3.8) is 0 Å². The van der Waals surface area contributed by atoms with Gasteiger partial charge in [0.2, 0.25) is 0 Å². The number of amidine groups is 1. The Morgan fingerprint density at radius 2 is 1.76 bits per heavy atom. The highest BCUT2D eigenvalue weighted by Crippen LogP contribution is 2.38. The van der Waals surface area contributed by atoms with Crippen molar-refractivity contribution in [1.29, 1.82) is 0 Å². The van der Waals surface area contributed by atoms with E-state index in [0.717, 1.165) is 23.2 Å².